The van der Waals surface area contributed by atoms with E-state index in [4.69, 9.17) is 15.6 Å². The number of carbonyl (C=O) groups is 2. The number of carboxylic acids is 1. The lowest BCUT2D eigenvalue weighted by Crippen LogP contribution is -2.60. The quantitative estimate of drug-likeness (QED) is 0.302. The second-order valence-corrected chi connectivity index (χ2v) is 6.87. The van der Waals surface area contributed by atoms with E-state index in [1.165, 1.54) is 17.0 Å². The molecule has 1 heterocycles. The van der Waals surface area contributed by atoms with Crippen LogP contribution >= 0.6 is 0 Å². The maximum atomic E-state index is 11.8. The average Bonchev–Trinajstić information content (AvgIpc) is 3.36. The van der Waals surface area contributed by atoms with Gasteiger partial charge in [-0.15, -0.1) is 0 Å². The van der Waals surface area contributed by atoms with Crippen LogP contribution in [0.3, 0.4) is 0 Å². The van der Waals surface area contributed by atoms with Crippen LogP contribution in [0.25, 0.3) is 0 Å². The van der Waals surface area contributed by atoms with E-state index in [0.717, 1.165) is 0 Å². The molecule has 1 amide bonds. The number of aromatic carboxylic acids is 1. The number of rotatable bonds is 7. The molecule has 0 unspecified atom stereocenters. The SMILES string of the molecule is N[C@H](CO)C(=O)N1CC(Oc2ccc([C@H]3C[C@H]3B(O)O)c(O)c2C(=O)O)C1. The molecular weight excluding hydrogens is 359 g/mol. The first kappa shape index (κ1) is 19.4. The molecule has 2 fully saturated rings. The molecule has 2 aliphatic rings. The highest BCUT2D eigenvalue weighted by Crippen LogP contribution is 2.56. The van der Waals surface area contributed by atoms with Gasteiger partial charge in [-0.2, -0.15) is 0 Å². The predicted molar refractivity (Wildman–Crippen MR) is 92.4 cm³/mol. The minimum atomic E-state index is -1.53. The second kappa shape index (κ2) is 7.35. The Morgan fingerprint density at radius 3 is 2.52 bits per heavy atom. The van der Waals surface area contributed by atoms with Crippen molar-refractivity contribution in [3.63, 3.8) is 0 Å². The molecule has 0 radical (unpaired) electrons. The lowest BCUT2D eigenvalue weighted by molar-refractivity contribution is -0.142. The zero-order valence-electron chi connectivity index (χ0n) is 14.4. The van der Waals surface area contributed by atoms with Crippen molar-refractivity contribution in [3.8, 4) is 11.5 Å². The average molecular weight is 380 g/mol. The summed E-state index contributed by atoms with van der Waals surface area (Å²) >= 11 is 0. The number of aromatic hydroxyl groups is 1. The number of ether oxygens (including phenoxy) is 1. The maximum absolute atomic E-state index is 11.8. The summed E-state index contributed by atoms with van der Waals surface area (Å²) < 4.78 is 5.61. The fourth-order valence-corrected chi connectivity index (χ4v) is 3.28. The lowest BCUT2D eigenvalue weighted by atomic mass is 9.81. The Hall–Kier alpha value is -2.34. The number of aliphatic hydroxyl groups is 1. The molecule has 11 heteroatoms. The number of carbonyl (C=O) groups excluding carboxylic acids is 1. The molecule has 3 atom stereocenters. The van der Waals surface area contributed by atoms with Gasteiger partial charge in [-0.05, 0) is 24.0 Å². The summed E-state index contributed by atoms with van der Waals surface area (Å²) in [6.45, 7) is -0.0882. The van der Waals surface area contributed by atoms with Crippen molar-refractivity contribution in [1.82, 2.24) is 4.90 Å². The highest BCUT2D eigenvalue weighted by atomic mass is 16.5. The summed E-state index contributed by atoms with van der Waals surface area (Å²) in [6, 6.07) is 1.92. The summed E-state index contributed by atoms with van der Waals surface area (Å²) in [6.07, 6.45) is -0.0221. The van der Waals surface area contributed by atoms with E-state index in [9.17, 15) is 29.9 Å². The van der Waals surface area contributed by atoms with Crippen LogP contribution in [0.2, 0.25) is 5.82 Å². The monoisotopic (exact) mass is 380 g/mol. The fourth-order valence-electron chi connectivity index (χ4n) is 3.28. The van der Waals surface area contributed by atoms with Gasteiger partial charge in [-0.1, -0.05) is 6.07 Å². The zero-order chi connectivity index (χ0) is 19.9. The highest BCUT2D eigenvalue weighted by molar-refractivity contribution is 6.44. The molecule has 1 aromatic rings. The number of benzene rings is 1. The molecule has 3 rings (SSSR count). The molecule has 0 bridgehead atoms. The third kappa shape index (κ3) is 3.72. The van der Waals surface area contributed by atoms with Crippen LogP contribution in [-0.2, 0) is 4.79 Å². The van der Waals surface area contributed by atoms with Gasteiger partial charge in [0.1, 0.15) is 29.2 Å². The Morgan fingerprint density at radius 1 is 1.33 bits per heavy atom. The molecule has 7 N–H and O–H groups in total. The third-order valence-corrected chi connectivity index (χ3v) is 4.97. The number of nitrogens with two attached hydrogens (primary N) is 1. The number of carboxylic acid groups (broad SMARTS) is 1. The van der Waals surface area contributed by atoms with E-state index in [2.05, 4.69) is 0 Å². The smallest absolute Gasteiger partial charge is 0.455 e. The molecule has 1 aliphatic heterocycles. The van der Waals surface area contributed by atoms with Gasteiger partial charge in [0.2, 0.25) is 5.91 Å². The van der Waals surface area contributed by atoms with Crippen LogP contribution < -0.4 is 10.5 Å². The number of nitrogens with zero attached hydrogens (tertiary/aromatic N) is 1. The van der Waals surface area contributed by atoms with E-state index in [1.807, 2.05) is 0 Å². The fraction of sp³-hybridized carbons (Fsp3) is 0.500. The van der Waals surface area contributed by atoms with E-state index >= 15 is 0 Å². The normalized spacial score (nSPS) is 22.7. The highest BCUT2D eigenvalue weighted by Gasteiger charge is 2.48. The molecule has 146 valence electrons. The summed E-state index contributed by atoms with van der Waals surface area (Å²) in [4.78, 5) is 24.8. The number of aliphatic hydroxyl groups excluding tert-OH is 1. The van der Waals surface area contributed by atoms with Gasteiger partial charge in [0.05, 0.1) is 19.7 Å². The van der Waals surface area contributed by atoms with Gasteiger partial charge in [-0.3, -0.25) is 4.79 Å². The number of likely N-dealkylation sites (tertiary alicyclic amines) is 1. The largest absolute Gasteiger partial charge is 0.507 e. The van der Waals surface area contributed by atoms with Gasteiger partial charge in [0.25, 0.3) is 0 Å². The Labute approximate surface area is 154 Å². The van der Waals surface area contributed by atoms with Crippen LogP contribution in [-0.4, -0.2) is 81.1 Å². The van der Waals surface area contributed by atoms with Gasteiger partial charge < -0.3 is 40.7 Å². The molecule has 1 saturated heterocycles. The molecule has 1 aliphatic carbocycles. The standard InChI is InChI=1S/C16H21BN2O8/c18-11(6-20)15(22)19-4-7(5-19)27-12-2-1-8(9-3-10(9)17(25)26)14(21)13(12)16(23)24/h1-2,7,9-11,20-21,25-26H,3-6,18H2,(H,23,24)/t9-,10-,11-/m1/s1. The number of amides is 1. The summed E-state index contributed by atoms with van der Waals surface area (Å²) in [5, 5.41) is 47.1. The van der Waals surface area contributed by atoms with Crippen molar-refractivity contribution in [1.29, 1.82) is 0 Å². The molecule has 1 aromatic carbocycles. The number of phenols is 1. The van der Waals surface area contributed by atoms with Crippen molar-refractivity contribution in [2.75, 3.05) is 19.7 Å². The van der Waals surface area contributed by atoms with E-state index in [1.54, 1.807) is 0 Å². The topological polar surface area (TPSA) is 174 Å². The van der Waals surface area contributed by atoms with Crippen molar-refractivity contribution in [2.45, 2.75) is 30.3 Å². The predicted octanol–water partition coefficient (Wildman–Crippen LogP) is -1.67. The van der Waals surface area contributed by atoms with Crippen LogP contribution in [0, 0.1) is 0 Å². The summed E-state index contributed by atoms with van der Waals surface area (Å²) in [5.41, 5.74) is 5.39. The van der Waals surface area contributed by atoms with Crippen LogP contribution in [0.15, 0.2) is 12.1 Å². The molecule has 10 nitrogen and oxygen atoms in total. The van der Waals surface area contributed by atoms with Gasteiger partial charge >= 0.3 is 13.1 Å². The van der Waals surface area contributed by atoms with Gasteiger partial charge in [-0.25, -0.2) is 4.79 Å². The Bertz CT molecular complexity index is 752. The number of hydrogen-bond acceptors (Lipinski definition) is 8. The van der Waals surface area contributed by atoms with Crippen LogP contribution in [0.1, 0.15) is 28.3 Å². The Balaban J connectivity index is 1.71. The Kier molecular flexibility index (Phi) is 5.29. The maximum Gasteiger partial charge on any atom is 0.455 e. The molecule has 1 saturated carbocycles. The minimum Gasteiger partial charge on any atom is -0.507 e. The lowest BCUT2D eigenvalue weighted by Gasteiger charge is -2.40. The van der Waals surface area contributed by atoms with Crippen LogP contribution in [0.4, 0.5) is 0 Å². The van der Waals surface area contributed by atoms with E-state index in [-0.39, 0.29) is 24.8 Å². The van der Waals surface area contributed by atoms with E-state index < -0.39 is 54.9 Å². The molecular formula is C16H21BN2O8. The number of hydrogen-bond donors (Lipinski definition) is 6. The van der Waals surface area contributed by atoms with Gasteiger partial charge in [0, 0.05) is 5.82 Å². The third-order valence-electron chi connectivity index (χ3n) is 4.97. The molecule has 27 heavy (non-hydrogen) atoms. The van der Waals surface area contributed by atoms with Crippen molar-refractivity contribution in [3.05, 3.63) is 23.3 Å². The first-order chi connectivity index (χ1) is 12.7. The first-order valence-electron chi connectivity index (χ1n) is 8.51. The summed E-state index contributed by atoms with van der Waals surface area (Å²) in [5.74, 6) is -3.05. The van der Waals surface area contributed by atoms with Crippen molar-refractivity contribution < 1.29 is 39.7 Å². The van der Waals surface area contributed by atoms with E-state index in [0.29, 0.717) is 12.0 Å². The summed E-state index contributed by atoms with van der Waals surface area (Å²) in [7, 11) is -1.53. The Morgan fingerprint density at radius 2 is 2.00 bits per heavy atom. The van der Waals surface area contributed by atoms with Crippen LogP contribution in [0.5, 0.6) is 11.5 Å². The van der Waals surface area contributed by atoms with Crippen molar-refractivity contribution in [2.24, 2.45) is 5.73 Å². The zero-order valence-corrected chi connectivity index (χ0v) is 14.4. The molecule has 0 spiro atoms. The molecule has 0 aromatic heterocycles. The van der Waals surface area contributed by atoms with Gasteiger partial charge in [0.15, 0.2) is 0 Å². The minimum absolute atomic E-state index is 0.0333. The first-order valence-corrected chi connectivity index (χ1v) is 8.51. The van der Waals surface area contributed by atoms with Crippen molar-refractivity contribution >= 4 is 19.0 Å². The second-order valence-electron chi connectivity index (χ2n) is 6.87.